The molecule has 1 saturated carbocycles. The highest BCUT2D eigenvalue weighted by Gasteiger charge is 2.35. The van der Waals surface area contributed by atoms with Crippen molar-refractivity contribution in [3.05, 3.63) is 106 Å². The molecule has 1 aliphatic carbocycles. The smallest absolute Gasteiger partial charge is 0.217 e. The van der Waals surface area contributed by atoms with Gasteiger partial charge in [-0.1, -0.05) is 61.7 Å². The molecule has 4 rings (SSSR count). The molecule has 3 N–H and O–H groups in total. The minimum atomic E-state index is -0.995. The third-order valence-electron chi connectivity index (χ3n) is 7.42. The molecule has 202 valence electrons. The fourth-order valence-corrected chi connectivity index (χ4v) is 5.53. The van der Waals surface area contributed by atoms with Gasteiger partial charge in [0.05, 0.1) is 12.1 Å². The van der Waals surface area contributed by atoms with Crippen LogP contribution in [-0.4, -0.2) is 29.7 Å². The number of carbonyl (C=O) groups is 1. The maximum Gasteiger partial charge on any atom is 0.217 e. The van der Waals surface area contributed by atoms with E-state index in [1.54, 1.807) is 12.1 Å². The Balaban J connectivity index is 1.52. The lowest BCUT2D eigenvalue weighted by Gasteiger charge is -2.40. The second kappa shape index (κ2) is 12.6. The first-order valence-corrected chi connectivity index (χ1v) is 13.2. The summed E-state index contributed by atoms with van der Waals surface area (Å²) in [4.78, 5) is 11.9. The summed E-state index contributed by atoms with van der Waals surface area (Å²) < 4.78 is 41.8. The molecule has 4 nitrogen and oxygen atoms in total. The first-order valence-electron chi connectivity index (χ1n) is 13.2. The first-order chi connectivity index (χ1) is 18.2. The number of amides is 1. The predicted molar refractivity (Wildman–Crippen MR) is 142 cm³/mol. The monoisotopic (exact) mass is 524 g/mol. The molecule has 0 aliphatic heterocycles. The van der Waals surface area contributed by atoms with Crippen LogP contribution in [0.1, 0.15) is 61.3 Å². The molecule has 2 atom stereocenters. The van der Waals surface area contributed by atoms with Crippen LogP contribution in [0.15, 0.2) is 66.7 Å². The molecule has 0 spiro atoms. The van der Waals surface area contributed by atoms with Gasteiger partial charge < -0.3 is 15.7 Å². The summed E-state index contributed by atoms with van der Waals surface area (Å²) in [5.74, 6) is -1.97. The molecule has 7 heteroatoms. The summed E-state index contributed by atoms with van der Waals surface area (Å²) in [5, 5.41) is 17.5. The molecule has 3 aromatic rings. The Morgan fingerprint density at radius 3 is 2.32 bits per heavy atom. The zero-order valence-corrected chi connectivity index (χ0v) is 21.7. The van der Waals surface area contributed by atoms with E-state index < -0.39 is 23.8 Å². The lowest BCUT2D eigenvalue weighted by atomic mass is 9.76. The maximum atomic E-state index is 14.3. The second-order valence-corrected chi connectivity index (χ2v) is 10.3. The normalized spacial score (nSPS) is 16.6. The summed E-state index contributed by atoms with van der Waals surface area (Å²) in [6.07, 6.45) is 4.50. The van der Waals surface area contributed by atoms with E-state index >= 15 is 0 Å². The standard InChI is InChI=1S/C31H35F3N2O2/c1-21(37)36-29(18-23-16-26(32)19-27(33)17-23)30(38)20-35-31(12-5-2-6-13-31)25-10-7-8-22(15-25)14-24-9-3-4-11-28(24)34/h3-4,7-11,15-17,19,29-30,35,38H,2,5-6,12-14,18,20H2,1H3,(H,36,37)/t29-,30-/m0/s1. The van der Waals surface area contributed by atoms with Gasteiger partial charge in [0.15, 0.2) is 0 Å². The molecular weight excluding hydrogens is 489 g/mol. The van der Waals surface area contributed by atoms with E-state index in [0.29, 0.717) is 17.5 Å². The molecule has 0 unspecified atom stereocenters. The van der Waals surface area contributed by atoms with Crippen LogP contribution in [0.25, 0.3) is 0 Å². The van der Waals surface area contributed by atoms with E-state index in [1.165, 1.54) is 25.1 Å². The average molecular weight is 525 g/mol. The maximum absolute atomic E-state index is 14.3. The highest BCUT2D eigenvalue weighted by atomic mass is 19.1. The molecule has 0 saturated heterocycles. The molecule has 3 aromatic carbocycles. The van der Waals surface area contributed by atoms with Crippen molar-refractivity contribution in [1.29, 1.82) is 0 Å². The summed E-state index contributed by atoms with van der Waals surface area (Å²) in [6.45, 7) is 1.53. The van der Waals surface area contributed by atoms with Gasteiger partial charge in [-0.15, -0.1) is 0 Å². The zero-order valence-electron chi connectivity index (χ0n) is 21.7. The van der Waals surface area contributed by atoms with Gasteiger partial charge in [0.25, 0.3) is 0 Å². The number of rotatable bonds is 10. The van der Waals surface area contributed by atoms with Crippen LogP contribution in [0, 0.1) is 17.5 Å². The SMILES string of the molecule is CC(=O)N[C@@H](Cc1cc(F)cc(F)c1)[C@@H](O)CNC1(c2cccc(Cc3ccccc3F)c2)CCCCC1. The van der Waals surface area contributed by atoms with E-state index in [1.807, 2.05) is 18.2 Å². The average Bonchev–Trinajstić information content (AvgIpc) is 2.88. The van der Waals surface area contributed by atoms with Gasteiger partial charge in [0, 0.05) is 31.5 Å². The summed E-state index contributed by atoms with van der Waals surface area (Å²) >= 11 is 0. The van der Waals surface area contributed by atoms with E-state index in [0.717, 1.165) is 49.3 Å². The predicted octanol–water partition coefficient (Wildman–Crippen LogP) is 5.55. The largest absolute Gasteiger partial charge is 0.390 e. The van der Waals surface area contributed by atoms with Gasteiger partial charge in [0.2, 0.25) is 5.91 Å². The van der Waals surface area contributed by atoms with Crippen molar-refractivity contribution in [1.82, 2.24) is 10.6 Å². The number of hydrogen-bond acceptors (Lipinski definition) is 3. The Labute approximate surface area is 222 Å². The van der Waals surface area contributed by atoms with E-state index in [4.69, 9.17) is 0 Å². The summed E-state index contributed by atoms with van der Waals surface area (Å²) in [7, 11) is 0. The molecule has 1 aliphatic rings. The van der Waals surface area contributed by atoms with E-state index in [2.05, 4.69) is 22.8 Å². The van der Waals surface area contributed by atoms with Crippen LogP contribution in [0.5, 0.6) is 0 Å². The highest BCUT2D eigenvalue weighted by Crippen LogP contribution is 2.38. The Kier molecular flexibility index (Phi) is 9.23. The minimum absolute atomic E-state index is 0.0855. The Hall–Kier alpha value is -3.16. The van der Waals surface area contributed by atoms with Crippen LogP contribution >= 0.6 is 0 Å². The minimum Gasteiger partial charge on any atom is -0.390 e. The first kappa shape index (κ1) is 27.9. The van der Waals surface area contributed by atoms with Crippen LogP contribution in [0.2, 0.25) is 0 Å². The number of benzene rings is 3. The quantitative estimate of drug-likeness (QED) is 0.326. The number of aliphatic hydroxyl groups excluding tert-OH is 1. The lowest BCUT2D eigenvalue weighted by Crippen LogP contribution is -2.53. The number of nitrogens with one attached hydrogen (secondary N) is 2. The molecule has 0 heterocycles. The second-order valence-electron chi connectivity index (χ2n) is 10.3. The van der Waals surface area contributed by atoms with Crippen LogP contribution in [-0.2, 0) is 23.2 Å². The Bertz CT molecular complexity index is 1220. The van der Waals surface area contributed by atoms with Crippen molar-refractivity contribution in [2.75, 3.05) is 6.54 Å². The number of aliphatic hydroxyl groups is 1. The summed E-state index contributed by atoms with van der Waals surface area (Å²) in [5.41, 5.74) is 2.70. The van der Waals surface area contributed by atoms with Crippen molar-refractivity contribution >= 4 is 5.91 Å². The van der Waals surface area contributed by atoms with Crippen molar-refractivity contribution < 1.29 is 23.1 Å². The van der Waals surface area contributed by atoms with Crippen LogP contribution < -0.4 is 10.6 Å². The third kappa shape index (κ3) is 7.23. The zero-order chi connectivity index (χ0) is 27.1. The highest BCUT2D eigenvalue weighted by molar-refractivity contribution is 5.73. The van der Waals surface area contributed by atoms with Gasteiger partial charge in [-0.3, -0.25) is 4.79 Å². The molecule has 0 bridgehead atoms. The molecule has 38 heavy (non-hydrogen) atoms. The van der Waals surface area contributed by atoms with E-state index in [9.17, 15) is 23.1 Å². The van der Waals surface area contributed by atoms with Gasteiger partial charge in [-0.2, -0.15) is 0 Å². The van der Waals surface area contributed by atoms with Crippen molar-refractivity contribution in [3.63, 3.8) is 0 Å². The third-order valence-corrected chi connectivity index (χ3v) is 7.42. The fourth-order valence-electron chi connectivity index (χ4n) is 5.53. The van der Waals surface area contributed by atoms with Gasteiger partial charge in [-0.25, -0.2) is 13.2 Å². The molecular formula is C31H35F3N2O2. The number of carbonyl (C=O) groups excluding carboxylic acids is 1. The van der Waals surface area contributed by atoms with Gasteiger partial charge in [-0.05, 0) is 59.7 Å². The fraction of sp³-hybridized carbons (Fsp3) is 0.387. The topological polar surface area (TPSA) is 61.4 Å². The van der Waals surface area contributed by atoms with E-state index in [-0.39, 0.29) is 30.2 Å². The van der Waals surface area contributed by atoms with Crippen molar-refractivity contribution in [2.24, 2.45) is 0 Å². The van der Waals surface area contributed by atoms with Gasteiger partial charge in [0.1, 0.15) is 17.5 Å². The Morgan fingerprint density at radius 1 is 0.921 bits per heavy atom. The van der Waals surface area contributed by atoms with Crippen molar-refractivity contribution in [2.45, 2.75) is 69.6 Å². The van der Waals surface area contributed by atoms with Crippen LogP contribution in [0.4, 0.5) is 13.2 Å². The van der Waals surface area contributed by atoms with Crippen LogP contribution in [0.3, 0.4) is 0 Å². The summed E-state index contributed by atoms with van der Waals surface area (Å²) in [6, 6.07) is 17.4. The van der Waals surface area contributed by atoms with Crippen molar-refractivity contribution in [3.8, 4) is 0 Å². The van der Waals surface area contributed by atoms with Gasteiger partial charge >= 0.3 is 0 Å². The number of hydrogen-bond donors (Lipinski definition) is 3. The molecule has 1 amide bonds. The lowest BCUT2D eigenvalue weighted by molar-refractivity contribution is -0.120. The molecule has 0 radical (unpaired) electrons. The Morgan fingerprint density at radius 2 is 1.63 bits per heavy atom. The molecule has 1 fully saturated rings. The molecule has 0 aromatic heterocycles. The number of halogens is 3.